The summed E-state index contributed by atoms with van der Waals surface area (Å²) >= 11 is 0. The summed E-state index contributed by atoms with van der Waals surface area (Å²) < 4.78 is 19.1. The van der Waals surface area contributed by atoms with Gasteiger partial charge < -0.3 is 10.1 Å². The van der Waals surface area contributed by atoms with Crippen LogP contribution in [0.4, 0.5) is 4.39 Å². The summed E-state index contributed by atoms with van der Waals surface area (Å²) in [6, 6.07) is 14.1. The molecule has 1 atom stereocenters. The lowest BCUT2D eigenvalue weighted by Crippen LogP contribution is -2.19. The first-order valence-electron chi connectivity index (χ1n) is 6.70. The molecule has 0 aliphatic rings. The highest BCUT2D eigenvalue weighted by Gasteiger charge is 2.11. The van der Waals surface area contributed by atoms with Gasteiger partial charge in [-0.05, 0) is 31.2 Å². The lowest BCUT2D eigenvalue weighted by atomic mass is 10.1. The standard InChI is InChI=1S/C17H17FN2O/c1-12(15-5-3-4-6-17(15)21-2)20-11-14-9-13(10-19)7-8-16(14)18/h3-9,12,20H,11H2,1-2H3/t12-/m0/s1. The average molecular weight is 284 g/mol. The van der Waals surface area contributed by atoms with Gasteiger partial charge in [-0.15, -0.1) is 0 Å². The Morgan fingerprint density at radius 1 is 1.29 bits per heavy atom. The number of benzene rings is 2. The zero-order valence-electron chi connectivity index (χ0n) is 12.1. The van der Waals surface area contributed by atoms with Crippen molar-refractivity contribution in [1.29, 1.82) is 5.26 Å². The molecule has 21 heavy (non-hydrogen) atoms. The van der Waals surface area contributed by atoms with E-state index in [-0.39, 0.29) is 11.9 Å². The van der Waals surface area contributed by atoms with Crippen molar-refractivity contribution in [2.45, 2.75) is 19.5 Å². The summed E-state index contributed by atoms with van der Waals surface area (Å²) in [5, 5.41) is 12.1. The van der Waals surface area contributed by atoms with Crippen molar-refractivity contribution in [3.8, 4) is 11.8 Å². The Kier molecular flexibility index (Phi) is 4.91. The van der Waals surface area contributed by atoms with Gasteiger partial charge >= 0.3 is 0 Å². The van der Waals surface area contributed by atoms with E-state index in [9.17, 15) is 4.39 Å². The third-order valence-electron chi connectivity index (χ3n) is 3.38. The summed E-state index contributed by atoms with van der Waals surface area (Å²) in [6.45, 7) is 2.34. The summed E-state index contributed by atoms with van der Waals surface area (Å²) in [7, 11) is 1.63. The predicted octanol–water partition coefficient (Wildman–Crippen LogP) is 3.56. The number of rotatable bonds is 5. The van der Waals surface area contributed by atoms with Crippen molar-refractivity contribution in [2.24, 2.45) is 0 Å². The van der Waals surface area contributed by atoms with Gasteiger partial charge in [0.15, 0.2) is 0 Å². The minimum atomic E-state index is -0.311. The fourth-order valence-electron chi connectivity index (χ4n) is 2.18. The van der Waals surface area contributed by atoms with Gasteiger partial charge in [-0.2, -0.15) is 5.26 Å². The molecule has 4 heteroatoms. The Labute approximate surface area is 124 Å². The van der Waals surface area contributed by atoms with Gasteiger partial charge in [0.25, 0.3) is 0 Å². The van der Waals surface area contributed by atoms with Crippen molar-refractivity contribution in [2.75, 3.05) is 7.11 Å². The zero-order chi connectivity index (χ0) is 15.2. The third-order valence-corrected chi connectivity index (χ3v) is 3.38. The zero-order valence-corrected chi connectivity index (χ0v) is 12.1. The Hall–Kier alpha value is -2.38. The molecule has 0 heterocycles. The number of nitrogens with zero attached hydrogens (tertiary/aromatic N) is 1. The maximum Gasteiger partial charge on any atom is 0.127 e. The van der Waals surface area contributed by atoms with Crippen molar-refractivity contribution in [3.63, 3.8) is 0 Å². The van der Waals surface area contributed by atoms with Crippen LogP contribution < -0.4 is 10.1 Å². The molecule has 0 unspecified atom stereocenters. The molecular weight excluding hydrogens is 267 g/mol. The number of nitriles is 1. The molecule has 0 saturated heterocycles. The third kappa shape index (κ3) is 3.59. The van der Waals surface area contributed by atoms with Gasteiger partial charge in [-0.25, -0.2) is 4.39 Å². The van der Waals surface area contributed by atoms with Crippen molar-refractivity contribution >= 4 is 0 Å². The highest BCUT2D eigenvalue weighted by atomic mass is 19.1. The highest BCUT2D eigenvalue weighted by Crippen LogP contribution is 2.24. The minimum absolute atomic E-state index is 0.00583. The van der Waals surface area contributed by atoms with Crippen LogP contribution in [0.25, 0.3) is 0 Å². The molecule has 3 nitrogen and oxygen atoms in total. The fraction of sp³-hybridized carbons (Fsp3) is 0.235. The van der Waals surface area contributed by atoms with Crippen LogP contribution in [0.3, 0.4) is 0 Å². The molecule has 0 amide bonds. The van der Waals surface area contributed by atoms with Crippen LogP contribution in [-0.4, -0.2) is 7.11 Å². The Morgan fingerprint density at radius 2 is 2.05 bits per heavy atom. The van der Waals surface area contributed by atoms with Crippen LogP contribution >= 0.6 is 0 Å². The summed E-state index contributed by atoms with van der Waals surface area (Å²) in [5.74, 6) is 0.484. The van der Waals surface area contributed by atoms with Gasteiger partial charge in [-0.3, -0.25) is 0 Å². The van der Waals surface area contributed by atoms with E-state index in [2.05, 4.69) is 5.32 Å². The number of para-hydroxylation sites is 1. The molecule has 108 valence electrons. The molecule has 0 radical (unpaired) electrons. The smallest absolute Gasteiger partial charge is 0.127 e. The second kappa shape index (κ2) is 6.87. The first kappa shape index (κ1) is 15.0. The largest absolute Gasteiger partial charge is 0.496 e. The van der Waals surface area contributed by atoms with E-state index in [1.54, 1.807) is 13.2 Å². The monoisotopic (exact) mass is 284 g/mol. The average Bonchev–Trinajstić information content (AvgIpc) is 2.53. The Balaban J connectivity index is 2.11. The predicted molar refractivity (Wildman–Crippen MR) is 79.4 cm³/mol. The molecule has 0 saturated carbocycles. The number of nitrogens with one attached hydrogen (secondary N) is 1. The molecule has 0 aromatic heterocycles. The van der Waals surface area contributed by atoms with Crippen molar-refractivity contribution in [1.82, 2.24) is 5.32 Å². The van der Waals surface area contributed by atoms with Gasteiger partial charge in [-0.1, -0.05) is 18.2 Å². The minimum Gasteiger partial charge on any atom is -0.496 e. The first-order valence-corrected chi connectivity index (χ1v) is 6.70. The fourth-order valence-corrected chi connectivity index (χ4v) is 2.18. The van der Waals surface area contributed by atoms with Gasteiger partial charge in [0.2, 0.25) is 0 Å². The molecule has 1 N–H and O–H groups in total. The molecule has 0 bridgehead atoms. The van der Waals surface area contributed by atoms with E-state index >= 15 is 0 Å². The van der Waals surface area contributed by atoms with Crippen LogP contribution in [0.2, 0.25) is 0 Å². The van der Waals surface area contributed by atoms with Crippen LogP contribution in [0.5, 0.6) is 5.75 Å². The van der Waals surface area contributed by atoms with Crippen molar-refractivity contribution < 1.29 is 9.13 Å². The molecular formula is C17H17FN2O. The van der Waals surface area contributed by atoms with E-state index in [1.807, 2.05) is 37.3 Å². The molecule has 0 aliphatic carbocycles. The number of halogens is 1. The molecule has 0 aliphatic heterocycles. The number of hydrogen-bond acceptors (Lipinski definition) is 3. The van der Waals surface area contributed by atoms with Crippen LogP contribution in [0.15, 0.2) is 42.5 Å². The molecule has 0 spiro atoms. The van der Waals surface area contributed by atoms with Crippen molar-refractivity contribution in [3.05, 3.63) is 65.0 Å². The first-order chi connectivity index (χ1) is 10.2. The number of ether oxygens (including phenoxy) is 1. The maximum atomic E-state index is 13.7. The molecule has 0 fully saturated rings. The van der Waals surface area contributed by atoms with Gasteiger partial charge in [0, 0.05) is 23.7 Å². The normalized spacial score (nSPS) is 11.7. The maximum absolute atomic E-state index is 13.7. The van der Waals surface area contributed by atoms with E-state index in [0.29, 0.717) is 17.7 Å². The lowest BCUT2D eigenvalue weighted by Gasteiger charge is -2.17. The lowest BCUT2D eigenvalue weighted by molar-refractivity contribution is 0.401. The molecule has 2 aromatic rings. The Morgan fingerprint density at radius 3 is 2.76 bits per heavy atom. The quantitative estimate of drug-likeness (QED) is 0.913. The number of hydrogen-bond donors (Lipinski definition) is 1. The number of methoxy groups -OCH3 is 1. The summed E-state index contributed by atoms with van der Waals surface area (Å²) in [6.07, 6.45) is 0. The summed E-state index contributed by atoms with van der Waals surface area (Å²) in [4.78, 5) is 0. The SMILES string of the molecule is COc1ccccc1[C@H](C)NCc1cc(C#N)ccc1F. The van der Waals surface area contributed by atoms with E-state index in [0.717, 1.165) is 11.3 Å². The molecule has 2 aromatic carbocycles. The van der Waals surface area contributed by atoms with Gasteiger partial charge in [0.05, 0.1) is 18.7 Å². The molecule has 2 rings (SSSR count). The van der Waals surface area contributed by atoms with E-state index in [4.69, 9.17) is 10.00 Å². The van der Waals surface area contributed by atoms with E-state index in [1.165, 1.54) is 12.1 Å². The van der Waals surface area contributed by atoms with Crippen LogP contribution in [0.1, 0.15) is 29.7 Å². The summed E-state index contributed by atoms with van der Waals surface area (Å²) in [5.41, 5.74) is 1.95. The second-order valence-corrected chi connectivity index (χ2v) is 4.76. The van der Waals surface area contributed by atoms with Crippen LogP contribution in [-0.2, 0) is 6.54 Å². The highest BCUT2D eigenvalue weighted by molar-refractivity contribution is 5.36. The van der Waals surface area contributed by atoms with Gasteiger partial charge in [0.1, 0.15) is 11.6 Å². The van der Waals surface area contributed by atoms with Crippen LogP contribution in [0, 0.1) is 17.1 Å². The second-order valence-electron chi connectivity index (χ2n) is 4.76. The Bertz CT molecular complexity index is 664. The van der Waals surface area contributed by atoms with E-state index < -0.39 is 0 Å². The topological polar surface area (TPSA) is 45.0 Å².